The second kappa shape index (κ2) is 4.36. The van der Waals surface area contributed by atoms with E-state index in [9.17, 15) is 9.59 Å². The third-order valence-corrected chi connectivity index (χ3v) is 2.64. The Bertz CT molecular complexity index is 445. The standard InChI is InChI=1S/C10H12N4O3/c1-6-8(15)11-2-3-14(6)10-12-4-7(5-13-10)9(16)17/h4-6H,2-3H2,1H3,(H,11,15)(H,16,17). The van der Waals surface area contributed by atoms with Gasteiger partial charge in [-0.25, -0.2) is 14.8 Å². The number of carboxylic acids is 1. The minimum atomic E-state index is -1.07. The number of carbonyl (C=O) groups is 2. The first-order valence-corrected chi connectivity index (χ1v) is 5.19. The number of aromatic carboxylic acids is 1. The van der Waals surface area contributed by atoms with Crippen molar-refractivity contribution in [3.63, 3.8) is 0 Å². The van der Waals surface area contributed by atoms with Crippen molar-refractivity contribution < 1.29 is 14.7 Å². The molecule has 1 amide bonds. The average Bonchev–Trinajstić information content (AvgIpc) is 2.33. The molecule has 2 rings (SSSR count). The Hall–Kier alpha value is -2.18. The Morgan fingerprint density at radius 2 is 2.18 bits per heavy atom. The first kappa shape index (κ1) is 11.3. The molecular weight excluding hydrogens is 224 g/mol. The zero-order valence-electron chi connectivity index (χ0n) is 9.25. The quantitative estimate of drug-likeness (QED) is 0.718. The van der Waals surface area contributed by atoms with E-state index >= 15 is 0 Å². The maximum atomic E-state index is 11.5. The van der Waals surface area contributed by atoms with Crippen molar-refractivity contribution in [3.8, 4) is 0 Å². The Kier molecular flexibility index (Phi) is 2.90. The highest BCUT2D eigenvalue weighted by Crippen LogP contribution is 2.13. The third-order valence-electron chi connectivity index (χ3n) is 2.64. The predicted molar refractivity (Wildman–Crippen MR) is 58.8 cm³/mol. The number of piperazine rings is 1. The molecule has 1 aliphatic rings. The van der Waals surface area contributed by atoms with Crippen molar-refractivity contribution in [3.05, 3.63) is 18.0 Å². The van der Waals surface area contributed by atoms with Crippen LogP contribution in [-0.4, -0.2) is 46.1 Å². The molecule has 17 heavy (non-hydrogen) atoms. The molecule has 0 aliphatic carbocycles. The van der Waals surface area contributed by atoms with E-state index in [1.807, 2.05) is 0 Å². The highest BCUT2D eigenvalue weighted by Gasteiger charge is 2.27. The van der Waals surface area contributed by atoms with Crippen LogP contribution >= 0.6 is 0 Å². The monoisotopic (exact) mass is 236 g/mol. The number of anilines is 1. The molecule has 1 saturated heterocycles. The summed E-state index contributed by atoms with van der Waals surface area (Å²) in [5, 5.41) is 11.5. The van der Waals surface area contributed by atoms with Gasteiger partial charge in [0, 0.05) is 25.5 Å². The lowest BCUT2D eigenvalue weighted by Crippen LogP contribution is -2.54. The number of aromatic nitrogens is 2. The third kappa shape index (κ3) is 2.17. The van der Waals surface area contributed by atoms with Gasteiger partial charge < -0.3 is 15.3 Å². The molecule has 1 fully saturated rings. The smallest absolute Gasteiger partial charge is 0.338 e. The van der Waals surface area contributed by atoms with E-state index < -0.39 is 5.97 Å². The van der Waals surface area contributed by atoms with Crippen molar-refractivity contribution in [2.45, 2.75) is 13.0 Å². The van der Waals surface area contributed by atoms with E-state index in [0.717, 1.165) is 0 Å². The molecule has 7 nitrogen and oxygen atoms in total. The number of nitrogens with zero attached hydrogens (tertiary/aromatic N) is 3. The molecular formula is C10H12N4O3. The number of carboxylic acid groups (broad SMARTS) is 1. The summed E-state index contributed by atoms with van der Waals surface area (Å²) < 4.78 is 0. The highest BCUT2D eigenvalue weighted by atomic mass is 16.4. The zero-order valence-corrected chi connectivity index (χ0v) is 9.25. The molecule has 0 spiro atoms. The van der Waals surface area contributed by atoms with Crippen molar-refractivity contribution in [2.24, 2.45) is 0 Å². The topological polar surface area (TPSA) is 95.4 Å². The van der Waals surface area contributed by atoms with E-state index in [1.54, 1.807) is 11.8 Å². The van der Waals surface area contributed by atoms with Crippen LogP contribution in [0.25, 0.3) is 0 Å². The molecule has 0 saturated carbocycles. The van der Waals surface area contributed by atoms with Gasteiger partial charge >= 0.3 is 5.97 Å². The number of nitrogens with one attached hydrogen (secondary N) is 1. The number of rotatable bonds is 2. The maximum Gasteiger partial charge on any atom is 0.338 e. The lowest BCUT2D eigenvalue weighted by Gasteiger charge is -2.32. The molecule has 0 radical (unpaired) electrons. The van der Waals surface area contributed by atoms with Crippen molar-refractivity contribution >= 4 is 17.8 Å². The largest absolute Gasteiger partial charge is 0.478 e. The minimum absolute atomic E-state index is 0.0304. The van der Waals surface area contributed by atoms with Crippen LogP contribution in [0.1, 0.15) is 17.3 Å². The molecule has 0 aromatic carbocycles. The van der Waals surface area contributed by atoms with E-state index in [4.69, 9.17) is 5.11 Å². The predicted octanol–water partition coefficient (Wildman–Crippen LogP) is -0.500. The molecule has 1 unspecified atom stereocenters. The summed E-state index contributed by atoms with van der Waals surface area (Å²) in [6.07, 6.45) is 2.48. The van der Waals surface area contributed by atoms with Gasteiger partial charge in [0.25, 0.3) is 0 Å². The van der Waals surface area contributed by atoms with Crippen LogP contribution in [0.4, 0.5) is 5.95 Å². The fourth-order valence-electron chi connectivity index (χ4n) is 1.64. The number of carbonyl (C=O) groups excluding carboxylic acids is 1. The van der Waals surface area contributed by atoms with Crippen LogP contribution in [0, 0.1) is 0 Å². The second-order valence-electron chi connectivity index (χ2n) is 3.74. The first-order valence-electron chi connectivity index (χ1n) is 5.19. The van der Waals surface area contributed by atoms with Crippen LogP contribution in [0.2, 0.25) is 0 Å². The van der Waals surface area contributed by atoms with Crippen LogP contribution in [0.3, 0.4) is 0 Å². The average molecular weight is 236 g/mol. The number of hydrogen-bond acceptors (Lipinski definition) is 5. The molecule has 0 bridgehead atoms. The molecule has 90 valence electrons. The van der Waals surface area contributed by atoms with Gasteiger partial charge in [0.15, 0.2) is 0 Å². The molecule has 1 aromatic heterocycles. The van der Waals surface area contributed by atoms with Gasteiger partial charge in [0.2, 0.25) is 11.9 Å². The lowest BCUT2D eigenvalue weighted by molar-refractivity contribution is -0.122. The molecule has 7 heteroatoms. The molecule has 1 aliphatic heterocycles. The first-order chi connectivity index (χ1) is 8.09. The Morgan fingerprint density at radius 3 is 2.76 bits per heavy atom. The number of hydrogen-bond donors (Lipinski definition) is 2. The minimum Gasteiger partial charge on any atom is -0.478 e. The fourth-order valence-corrected chi connectivity index (χ4v) is 1.64. The van der Waals surface area contributed by atoms with Crippen molar-refractivity contribution in [1.82, 2.24) is 15.3 Å². The van der Waals surface area contributed by atoms with Crippen molar-refractivity contribution in [1.29, 1.82) is 0 Å². The normalized spacial score (nSPS) is 19.9. The summed E-state index contributed by atoms with van der Waals surface area (Å²) in [6.45, 7) is 2.90. The lowest BCUT2D eigenvalue weighted by atomic mass is 10.2. The second-order valence-corrected chi connectivity index (χ2v) is 3.74. The van der Waals surface area contributed by atoms with Gasteiger partial charge in [-0.2, -0.15) is 0 Å². The van der Waals surface area contributed by atoms with Crippen LogP contribution < -0.4 is 10.2 Å². The van der Waals surface area contributed by atoms with Gasteiger partial charge in [-0.3, -0.25) is 4.79 Å². The molecule has 2 heterocycles. The van der Waals surface area contributed by atoms with Crippen LogP contribution in [-0.2, 0) is 4.79 Å². The Morgan fingerprint density at radius 1 is 1.53 bits per heavy atom. The van der Waals surface area contributed by atoms with Gasteiger partial charge in [-0.15, -0.1) is 0 Å². The van der Waals surface area contributed by atoms with E-state index in [0.29, 0.717) is 19.0 Å². The SMILES string of the molecule is CC1C(=O)NCCN1c1ncc(C(=O)O)cn1. The van der Waals surface area contributed by atoms with Gasteiger partial charge in [-0.1, -0.05) is 0 Å². The van der Waals surface area contributed by atoms with E-state index in [-0.39, 0.29) is 17.5 Å². The zero-order chi connectivity index (χ0) is 12.4. The maximum absolute atomic E-state index is 11.5. The van der Waals surface area contributed by atoms with E-state index in [2.05, 4.69) is 15.3 Å². The summed E-state index contributed by atoms with van der Waals surface area (Å²) in [5.74, 6) is -0.777. The van der Waals surface area contributed by atoms with Gasteiger partial charge in [0.05, 0.1) is 5.56 Å². The van der Waals surface area contributed by atoms with Crippen molar-refractivity contribution in [2.75, 3.05) is 18.0 Å². The fraction of sp³-hybridized carbons (Fsp3) is 0.400. The summed E-state index contributed by atoms with van der Waals surface area (Å²) in [6, 6.07) is -0.348. The molecule has 1 atom stereocenters. The van der Waals surface area contributed by atoms with Gasteiger partial charge in [-0.05, 0) is 6.92 Å². The Balaban J connectivity index is 2.22. The molecule has 1 aromatic rings. The van der Waals surface area contributed by atoms with Gasteiger partial charge in [0.1, 0.15) is 6.04 Å². The summed E-state index contributed by atoms with van der Waals surface area (Å²) >= 11 is 0. The summed E-state index contributed by atoms with van der Waals surface area (Å²) in [4.78, 5) is 31.8. The molecule has 2 N–H and O–H groups in total. The van der Waals surface area contributed by atoms with E-state index in [1.165, 1.54) is 12.4 Å². The Labute approximate surface area is 97.5 Å². The summed E-state index contributed by atoms with van der Waals surface area (Å²) in [5.41, 5.74) is 0.0304. The number of amides is 1. The highest BCUT2D eigenvalue weighted by molar-refractivity contribution is 5.87. The van der Waals surface area contributed by atoms with Crippen LogP contribution in [0.15, 0.2) is 12.4 Å². The van der Waals surface area contributed by atoms with Crippen LogP contribution in [0.5, 0.6) is 0 Å². The summed E-state index contributed by atoms with van der Waals surface area (Å²) in [7, 11) is 0.